The third kappa shape index (κ3) is 3.52. The van der Waals surface area contributed by atoms with E-state index in [1.165, 1.54) is 18.2 Å². The van der Waals surface area contributed by atoms with Crippen LogP contribution in [0.4, 0.5) is 0 Å². The molecule has 0 saturated heterocycles. The molecular formula is C11H10BrClO4. The van der Waals surface area contributed by atoms with Crippen molar-refractivity contribution in [3.8, 4) is 0 Å². The number of carboxylic acid groups (broad SMARTS) is 1. The average Bonchev–Trinajstić information content (AvgIpc) is 2.28. The first-order chi connectivity index (χ1) is 7.97. The zero-order valence-corrected chi connectivity index (χ0v) is 11.0. The van der Waals surface area contributed by atoms with Gasteiger partial charge in [-0.1, -0.05) is 39.7 Å². The summed E-state index contributed by atoms with van der Waals surface area (Å²) in [6.45, 7) is 0. The van der Waals surface area contributed by atoms with E-state index in [2.05, 4.69) is 15.9 Å². The van der Waals surface area contributed by atoms with Gasteiger partial charge in [0.1, 0.15) is 0 Å². The predicted octanol–water partition coefficient (Wildman–Crippen LogP) is 2.43. The van der Waals surface area contributed by atoms with E-state index in [-0.39, 0.29) is 16.4 Å². The van der Waals surface area contributed by atoms with E-state index in [1.54, 1.807) is 0 Å². The number of aliphatic carboxylic acids is 1. The largest absolute Gasteiger partial charge is 0.479 e. The summed E-state index contributed by atoms with van der Waals surface area (Å²) in [7, 11) is 0. The van der Waals surface area contributed by atoms with Gasteiger partial charge in [0.25, 0.3) is 0 Å². The fraction of sp³-hybridized carbons (Fsp3) is 0.273. The van der Waals surface area contributed by atoms with Crippen LogP contribution >= 0.6 is 27.5 Å². The molecule has 0 aliphatic heterocycles. The highest BCUT2D eigenvalue weighted by Crippen LogP contribution is 2.25. The number of carboxylic acids is 1. The highest BCUT2D eigenvalue weighted by molar-refractivity contribution is 9.09. The summed E-state index contributed by atoms with van der Waals surface area (Å²) in [4.78, 5) is 22.1. The Balaban J connectivity index is 3.01. The van der Waals surface area contributed by atoms with Gasteiger partial charge in [0.15, 0.2) is 11.9 Å². The quantitative estimate of drug-likeness (QED) is 0.645. The lowest BCUT2D eigenvalue weighted by molar-refractivity contribution is -0.146. The minimum Gasteiger partial charge on any atom is -0.479 e. The third-order valence-corrected chi connectivity index (χ3v) is 2.90. The van der Waals surface area contributed by atoms with Crippen molar-refractivity contribution in [2.45, 2.75) is 12.5 Å². The topological polar surface area (TPSA) is 74.6 Å². The van der Waals surface area contributed by atoms with Gasteiger partial charge in [0.05, 0.1) is 0 Å². The first kappa shape index (κ1) is 14.2. The zero-order valence-electron chi connectivity index (χ0n) is 8.69. The molecule has 1 aromatic rings. The number of alkyl halides is 1. The van der Waals surface area contributed by atoms with Crippen molar-refractivity contribution in [2.24, 2.45) is 0 Å². The normalized spacial score (nSPS) is 12.2. The fourth-order valence-corrected chi connectivity index (χ4v) is 1.93. The molecule has 0 fully saturated rings. The summed E-state index contributed by atoms with van der Waals surface area (Å²) in [6, 6.07) is 4.18. The third-order valence-electron chi connectivity index (χ3n) is 2.17. The van der Waals surface area contributed by atoms with E-state index in [4.69, 9.17) is 16.7 Å². The van der Waals surface area contributed by atoms with Crippen LogP contribution in [0.3, 0.4) is 0 Å². The summed E-state index contributed by atoms with van der Waals surface area (Å²) in [5.41, 5.74) is 0.477. The van der Waals surface area contributed by atoms with Gasteiger partial charge < -0.3 is 10.2 Å². The van der Waals surface area contributed by atoms with E-state index < -0.39 is 12.1 Å². The van der Waals surface area contributed by atoms with Gasteiger partial charge in [-0.25, -0.2) is 4.79 Å². The van der Waals surface area contributed by atoms with Crippen LogP contribution in [0.1, 0.15) is 28.4 Å². The van der Waals surface area contributed by atoms with E-state index >= 15 is 0 Å². The van der Waals surface area contributed by atoms with Crippen LogP contribution in [0, 0.1) is 0 Å². The molecule has 0 aliphatic carbocycles. The monoisotopic (exact) mass is 320 g/mol. The Kier molecular flexibility index (Phi) is 5.11. The van der Waals surface area contributed by atoms with E-state index in [1.807, 2.05) is 0 Å². The number of aliphatic hydroxyl groups is 1. The number of hydrogen-bond acceptors (Lipinski definition) is 3. The van der Waals surface area contributed by atoms with Crippen molar-refractivity contribution < 1.29 is 19.8 Å². The molecule has 0 amide bonds. The molecule has 0 saturated carbocycles. The fourth-order valence-electron chi connectivity index (χ4n) is 1.29. The Bertz CT molecular complexity index is 447. The van der Waals surface area contributed by atoms with Gasteiger partial charge in [-0.2, -0.15) is 0 Å². The lowest BCUT2D eigenvalue weighted by Crippen LogP contribution is -2.11. The van der Waals surface area contributed by atoms with Crippen LogP contribution in [0.25, 0.3) is 0 Å². The average molecular weight is 322 g/mol. The molecule has 1 aromatic carbocycles. The second-order valence-corrected chi connectivity index (χ2v) is 4.54. The Morgan fingerprint density at radius 3 is 2.53 bits per heavy atom. The summed E-state index contributed by atoms with van der Waals surface area (Å²) in [5.74, 6) is -1.48. The van der Waals surface area contributed by atoms with Crippen molar-refractivity contribution in [1.29, 1.82) is 0 Å². The van der Waals surface area contributed by atoms with Gasteiger partial charge in [-0.15, -0.1) is 0 Å². The maximum atomic E-state index is 11.5. The molecular weight excluding hydrogens is 311 g/mol. The predicted molar refractivity (Wildman–Crippen MR) is 66.8 cm³/mol. The van der Waals surface area contributed by atoms with Gasteiger partial charge in [-0.3, -0.25) is 4.79 Å². The number of carbonyl (C=O) groups is 2. The number of halogens is 2. The molecule has 92 valence electrons. The number of hydrogen-bond donors (Lipinski definition) is 2. The molecule has 4 nitrogen and oxygen atoms in total. The Morgan fingerprint density at radius 2 is 2.06 bits per heavy atom. The smallest absolute Gasteiger partial charge is 0.337 e. The first-order valence-corrected chi connectivity index (χ1v) is 6.26. The van der Waals surface area contributed by atoms with Crippen molar-refractivity contribution in [1.82, 2.24) is 0 Å². The molecule has 17 heavy (non-hydrogen) atoms. The lowest BCUT2D eigenvalue weighted by Gasteiger charge is -2.09. The van der Waals surface area contributed by atoms with Gasteiger partial charge in [0.2, 0.25) is 0 Å². The lowest BCUT2D eigenvalue weighted by atomic mass is 10.0. The maximum absolute atomic E-state index is 11.5. The summed E-state index contributed by atoms with van der Waals surface area (Å²) >= 11 is 8.98. The summed E-state index contributed by atoms with van der Waals surface area (Å²) in [6.07, 6.45) is -1.35. The van der Waals surface area contributed by atoms with Crippen LogP contribution in [0.5, 0.6) is 0 Å². The van der Waals surface area contributed by atoms with Crippen molar-refractivity contribution >= 4 is 39.3 Å². The number of benzene rings is 1. The number of Topliss-reactive ketones (excluding diaryl/α,β-unsaturated/α-hetero) is 1. The van der Waals surface area contributed by atoms with Crippen molar-refractivity contribution in [3.63, 3.8) is 0 Å². The summed E-state index contributed by atoms with van der Waals surface area (Å²) < 4.78 is 0. The number of ketones is 1. The molecule has 1 unspecified atom stereocenters. The van der Waals surface area contributed by atoms with Crippen LogP contribution in [0.2, 0.25) is 5.02 Å². The van der Waals surface area contributed by atoms with Crippen molar-refractivity contribution in [3.05, 3.63) is 34.3 Å². The van der Waals surface area contributed by atoms with Crippen LogP contribution in [0.15, 0.2) is 18.2 Å². The SMILES string of the molecule is O=C(CCBr)c1ccc(C(O)C(=O)O)c(Cl)c1. The van der Waals surface area contributed by atoms with Gasteiger partial charge in [0, 0.05) is 27.9 Å². The minimum absolute atomic E-state index is 0.0697. The molecule has 0 heterocycles. The van der Waals surface area contributed by atoms with Crippen LogP contribution < -0.4 is 0 Å². The van der Waals surface area contributed by atoms with Gasteiger partial charge in [-0.05, 0) is 6.07 Å². The van der Waals surface area contributed by atoms with Crippen LogP contribution in [-0.4, -0.2) is 27.3 Å². The molecule has 2 N–H and O–H groups in total. The first-order valence-electron chi connectivity index (χ1n) is 4.77. The maximum Gasteiger partial charge on any atom is 0.337 e. The van der Waals surface area contributed by atoms with E-state index in [0.717, 1.165) is 0 Å². The zero-order chi connectivity index (χ0) is 13.0. The molecule has 0 aromatic heterocycles. The summed E-state index contributed by atoms with van der Waals surface area (Å²) in [5, 5.41) is 18.6. The molecule has 6 heteroatoms. The second-order valence-electron chi connectivity index (χ2n) is 3.34. The Morgan fingerprint density at radius 1 is 1.41 bits per heavy atom. The molecule has 0 radical (unpaired) electrons. The second kappa shape index (κ2) is 6.14. The highest BCUT2D eigenvalue weighted by Gasteiger charge is 2.19. The number of carbonyl (C=O) groups excluding carboxylic acids is 1. The van der Waals surface area contributed by atoms with Crippen molar-refractivity contribution in [2.75, 3.05) is 5.33 Å². The molecule has 0 bridgehead atoms. The Labute approximate surface area is 111 Å². The molecule has 1 atom stereocenters. The van der Waals surface area contributed by atoms with E-state index in [9.17, 15) is 14.7 Å². The molecule has 0 spiro atoms. The minimum atomic E-state index is -1.68. The Hall–Kier alpha value is -0.910. The molecule has 0 aliphatic rings. The van der Waals surface area contributed by atoms with Crippen LogP contribution in [-0.2, 0) is 4.79 Å². The molecule has 1 rings (SSSR count). The number of aliphatic hydroxyl groups excluding tert-OH is 1. The number of rotatable bonds is 5. The highest BCUT2D eigenvalue weighted by atomic mass is 79.9. The van der Waals surface area contributed by atoms with Gasteiger partial charge >= 0.3 is 5.97 Å². The standard InChI is InChI=1S/C11H10BrClO4/c12-4-3-9(14)6-1-2-7(8(13)5-6)10(15)11(16)17/h1-2,5,10,15H,3-4H2,(H,16,17). The van der Waals surface area contributed by atoms with E-state index in [0.29, 0.717) is 17.3 Å².